The van der Waals surface area contributed by atoms with E-state index in [4.69, 9.17) is 14.7 Å². The molecule has 0 aromatic heterocycles. The number of nitrogens with one attached hydrogen (secondary N) is 1. The summed E-state index contributed by atoms with van der Waals surface area (Å²) in [5.41, 5.74) is 1.04. The molecule has 7 heteroatoms. The molecule has 27 heavy (non-hydrogen) atoms. The Morgan fingerprint density at radius 3 is 2.52 bits per heavy atom. The number of aryl methyl sites for hydroxylation is 1. The van der Waals surface area contributed by atoms with E-state index in [2.05, 4.69) is 5.32 Å². The Bertz CT molecular complexity index is 915. The molecule has 0 saturated carbocycles. The molecule has 0 fully saturated rings. The molecule has 0 saturated heterocycles. The van der Waals surface area contributed by atoms with Gasteiger partial charge in [0.2, 0.25) is 0 Å². The van der Waals surface area contributed by atoms with Gasteiger partial charge in [-0.25, -0.2) is 9.18 Å². The van der Waals surface area contributed by atoms with E-state index in [1.165, 1.54) is 31.4 Å². The number of rotatable bonds is 6. The van der Waals surface area contributed by atoms with E-state index in [1.54, 1.807) is 37.3 Å². The molecule has 1 N–H and O–H groups in total. The average Bonchev–Trinajstić information content (AvgIpc) is 2.67. The standard InChI is InChI=1S/C20H17FN2O4/c1-13-3-6-16(10-18(13)21)23-19(24)12-27-20(25)15(11-22)9-14-4-7-17(26-2)8-5-14/h3-10H,12H2,1-2H3,(H,23,24)/b15-9+. The summed E-state index contributed by atoms with van der Waals surface area (Å²) in [5.74, 6) is -1.40. The third kappa shape index (κ3) is 5.68. The van der Waals surface area contributed by atoms with Gasteiger partial charge in [0, 0.05) is 5.69 Å². The first-order valence-corrected chi connectivity index (χ1v) is 7.92. The minimum absolute atomic E-state index is 0.244. The number of methoxy groups -OCH3 is 1. The average molecular weight is 368 g/mol. The zero-order chi connectivity index (χ0) is 19.8. The third-order valence-electron chi connectivity index (χ3n) is 3.56. The summed E-state index contributed by atoms with van der Waals surface area (Å²) in [6.45, 7) is 0.997. The number of hydrogen-bond acceptors (Lipinski definition) is 5. The molecular formula is C20H17FN2O4. The Hall–Kier alpha value is -3.66. The summed E-state index contributed by atoms with van der Waals surface area (Å²) in [4.78, 5) is 23.8. The fourth-order valence-corrected chi connectivity index (χ4v) is 2.08. The Labute approximate surface area is 155 Å². The predicted molar refractivity (Wildman–Crippen MR) is 97.3 cm³/mol. The van der Waals surface area contributed by atoms with Gasteiger partial charge in [-0.1, -0.05) is 18.2 Å². The van der Waals surface area contributed by atoms with Crippen LogP contribution in [-0.2, 0) is 14.3 Å². The summed E-state index contributed by atoms with van der Waals surface area (Å²) in [6.07, 6.45) is 1.34. The molecule has 0 aliphatic carbocycles. The monoisotopic (exact) mass is 368 g/mol. The second kappa shape index (κ2) is 9.15. The zero-order valence-corrected chi connectivity index (χ0v) is 14.8. The topological polar surface area (TPSA) is 88.4 Å². The van der Waals surface area contributed by atoms with Crippen LogP contribution in [0.5, 0.6) is 5.75 Å². The van der Waals surface area contributed by atoms with Gasteiger partial charge in [0.05, 0.1) is 7.11 Å². The number of anilines is 1. The summed E-state index contributed by atoms with van der Waals surface area (Å²) < 4.78 is 23.3. The highest BCUT2D eigenvalue weighted by Gasteiger charge is 2.13. The van der Waals surface area contributed by atoms with Gasteiger partial charge in [-0.3, -0.25) is 4.79 Å². The smallest absolute Gasteiger partial charge is 0.349 e. The Balaban J connectivity index is 1.95. The van der Waals surface area contributed by atoms with Gasteiger partial charge in [-0.2, -0.15) is 5.26 Å². The maximum atomic E-state index is 13.5. The number of halogens is 1. The molecule has 0 heterocycles. The van der Waals surface area contributed by atoms with Gasteiger partial charge in [0.15, 0.2) is 6.61 Å². The van der Waals surface area contributed by atoms with E-state index < -0.39 is 24.3 Å². The first-order valence-electron chi connectivity index (χ1n) is 7.92. The molecule has 2 aromatic carbocycles. The van der Waals surface area contributed by atoms with Gasteiger partial charge < -0.3 is 14.8 Å². The molecule has 0 bridgehead atoms. The van der Waals surface area contributed by atoms with Crippen molar-refractivity contribution in [3.63, 3.8) is 0 Å². The molecule has 2 rings (SSSR count). The molecule has 0 aliphatic rings. The highest BCUT2D eigenvalue weighted by atomic mass is 19.1. The van der Waals surface area contributed by atoms with Gasteiger partial charge in [0.25, 0.3) is 5.91 Å². The molecule has 0 radical (unpaired) electrons. The van der Waals surface area contributed by atoms with Crippen LogP contribution in [0.4, 0.5) is 10.1 Å². The second-order valence-corrected chi connectivity index (χ2v) is 5.53. The van der Waals surface area contributed by atoms with E-state index >= 15 is 0 Å². The van der Waals surface area contributed by atoms with E-state index in [9.17, 15) is 14.0 Å². The molecule has 0 aliphatic heterocycles. The molecule has 2 aromatic rings. The number of nitrogens with zero attached hydrogens (tertiary/aromatic N) is 1. The minimum Gasteiger partial charge on any atom is -0.497 e. The highest BCUT2D eigenvalue weighted by Crippen LogP contribution is 2.15. The number of ether oxygens (including phenoxy) is 2. The molecule has 6 nitrogen and oxygen atoms in total. The third-order valence-corrected chi connectivity index (χ3v) is 3.56. The van der Waals surface area contributed by atoms with Gasteiger partial charge >= 0.3 is 5.97 Å². The number of carbonyl (C=O) groups is 2. The number of amides is 1. The van der Waals surface area contributed by atoms with Crippen molar-refractivity contribution in [2.45, 2.75) is 6.92 Å². The van der Waals surface area contributed by atoms with Gasteiger partial charge in [-0.15, -0.1) is 0 Å². The Morgan fingerprint density at radius 2 is 1.93 bits per heavy atom. The van der Waals surface area contributed by atoms with Crippen molar-refractivity contribution in [2.24, 2.45) is 0 Å². The van der Waals surface area contributed by atoms with Gasteiger partial charge in [-0.05, 0) is 48.4 Å². The lowest BCUT2D eigenvalue weighted by Crippen LogP contribution is -2.21. The molecule has 0 spiro atoms. The number of hydrogen-bond donors (Lipinski definition) is 1. The molecule has 1 amide bonds. The molecule has 0 atom stereocenters. The summed E-state index contributed by atoms with van der Waals surface area (Å²) >= 11 is 0. The van der Waals surface area contributed by atoms with Crippen molar-refractivity contribution in [3.8, 4) is 11.8 Å². The van der Waals surface area contributed by atoms with Crippen LogP contribution < -0.4 is 10.1 Å². The Morgan fingerprint density at radius 1 is 1.22 bits per heavy atom. The van der Waals surface area contributed by atoms with Crippen molar-refractivity contribution < 1.29 is 23.5 Å². The fraction of sp³-hybridized carbons (Fsp3) is 0.150. The van der Waals surface area contributed by atoms with Crippen molar-refractivity contribution in [3.05, 3.63) is 65.0 Å². The van der Waals surface area contributed by atoms with Crippen molar-refractivity contribution in [1.29, 1.82) is 5.26 Å². The quantitative estimate of drug-likeness (QED) is 0.480. The molecular weight excluding hydrogens is 351 g/mol. The van der Waals surface area contributed by atoms with E-state index in [1.807, 2.05) is 0 Å². The maximum Gasteiger partial charge on any atom is 0.349 e. The number of esters is 1. The Kier molecular flexibility index (Phi) is 6.67. The van der Waals surface area contributed by atoms with Crippen molar-refractivity contribution in [1.82, 2.24) is 0 Å². The van der Waals surface area contributed by atoms with Crippen LogP contribution in [0, 0.1) is 24.1 Å². The molecule has 138 valence electrons. The first-order chi connectivity index (χ1) is 12.9. The number of benzene rings is 2. The number of carbonyl (C=O) groups excluding carboxylic acids is 2. The largest absolute Gasteiger partial charge is 0.497 e. The van der Waals surface area contributed by atoms with E-state index in [-0.39, 0.29) is 11.3 Å². The minimum atomic E-state index is -0.932. The van der Waals surface area contributed by atoms with Crippen molar-refractivity contribution >= 4 is 23.6 Å². The molecule has 0 unspecified atom stereocenters. The van der Waals surface area contributed by atoms with E-state index in [0.717, 1.165) is 0 Å². The maximum absolute atomic E-state index is 13.5. The summed E-state index contributed by atoms with van der Waals surface area (Å²) in [7, 11) is 1.53. The fourth-order valence-electron chi connectivity index (χ4n) is 2.08. The van der Waals surface area contributed by atoms with Crippen LogP contribution >= 0.6 is 0 Å². The van der Waals surface area contributed by atoms with Crippen LogP contribution in [0.3, 0.4) is 0 Å². The summed E-state index contributed by atoms with van der Waals surface area (Å²) in [5, 5.41) is 11.5. The van der Waals surface area contributed by atoms with Gasteiger partial charge in [0.1, 0.15) is 23.2 Å². The lowest BCUT2D eigenvalue weighted by atomic mass is 10.1. The van der Waals surface area contributed by atoms with E-state index in [0.29, 0.717) is 16.9 Å². The summed E-state index contributed by atoms with van der Waals surface area (Å²) in [6, 6.07) is 12.7. The van der Waals surface area contributed by atoms with Crippen LogP contribution in [0.15, 0.2) is 48.0 Å². The zero-order valence-electron chi connectivity index (χ0n) is 14.8. The predicted octanol–water partition coefficient (Wildman–Crippen LogP) is 3.23. The van der Waals surface area contributed by atoms with Crippen LogP contribution in [-0.4, -0.2) is 25.6 Å². The van der Waals surface area contributed by atoms with Crippen molar-refractivity contribution in [2.75, 3.05) is 19.0 Å². The number of nitriles is 1. The lowest BCUT2D eigenvalue weighted by Gasteiger charge is -2.07. The SMILES string of the molecule is COc1ccc(/C=C(\C#N)C(=O)OCC(=O)Nc2ccc(C)c(F)c2)cc1. The normalized spacial score (nSPS) is 10.7. The van der Waals surface area contributed by atoms with Crippen LogP contribution in [0.25, 0.3) is 6.08 Å². The highest BCUT2D eigenvalue weighted by molar-refractivity contribution is 6.00. The van der Waals surface area contributed by atoms with Crippen LogP contribution in [0.1, 0.15) is 11.1 Å². The lowest BCUT2D eigenvalue weighted by molar-refractivity contribution is -0.142. The van der Waals surface area contributed by atoms with Crippen LogP contribution in [0.2, 0.25) is 0 Å². The first kappa shape index (κ1) is 19.7. The second-order valence-electron chi connectivity index (χ2n) is 5.53.